The number of fused-ring (bicyclic) bond motifs is 1. The van der Waals surface area contributed by atoms with Gasteiger partial charge in [-0.05, 0) is 26.0 Å². The van der Waals surface area contributed by atoms with Crippen LogP contribution in [0.2, 0.25) is 0 Å². The average Bonchev–Trinajstić information content (AvgIpc) is 2.37. The Morgan fingerprint density at radius 2 is 2.16 bits per heavy atom. The highest BCUT2D eigenvalue weighted by molar-refractivity contribution is 6.00. The van der Waals surface area contributed by atoms with E-state index in [2.05, 4.69) is 0 Å². The number of ketones is 1. The molecule has 0 fully saturated rings. The molecule has 1 aliphatic rings. The molecule has 0 aromatic heterocycles. The zero-order chi connectivity index (χ0) is 14.0. The molecule has 2 rings (SSSR count). The molecule has 0 radical (unpaired) electrons. The number of rotatable bonds is 4. The maximum absolute atomic E-state index is 11.8. The van der Waals surface area contributed by atoms with Crippen LogP contribution in [0.3, 0.4) is 0 Å². The molecule has 0 aliphatic carbocycles. The number of benzene rings is 1. The molecule has 0 amide bonds. The van der Waals surface area contributed by atoms with Crippen molar-refractivity contribution in [3.8, 4) is 11.5 Å². The van der Waals surface area contributed by atoms with E-state index in [0.29, 0.717) is 23.7 Å². The van der Waals surface area contributed by atoms with Gasteiger partial charge in [-0.2, -0.15) is 0 Å². The topological polar surface area (TPSA) is 44.8 Å². The highest BCUT2D eigenvalue weighted by atomic mass is 16.7. The summed E-state index contributed by atoms with van der Waals surface area (Å²) < 4.78 is 16.8. The Labute approximate surface area is 113 Å². The number of carbonyl (C=O) groups excluding carboxylic acids is 1. The van der Waals surface area contributed by atoms with Crippen LogP contribution in [0.4, 0.5) is 0 Å². The average molecular weight is 262 g/mol. The van der Waals surface area contributed by atoms with Crippen LogP contribution in [0.25, 0.3) is 6.08 Å². The minimum Gasteiger partial charge on any atom is -0.493 e. The van der Waals surface area contributed by atoms with E-state index in [1.807, 2.05) is 25.1 Å². The first-order valence-corrected chi connectivity index (χ1v) is 6.25. The fourth-order valence-electron chi connectivity index (χ4n) is 2.26. The van der Waals surface area contributed by atoms with Crippen molar-refractivity contribution < 1.29 is 19.0 Å². The lowest BCUT2D eigenvalue weighted by molar-refractivity contribution is -0.148. The first-order chi connectivity index (χ1) is 9.01. The number of carbonyl (C=O) groups is 1. The first kappa shape index (κ1) is 13.6. The highest BCUT2D eigenvalue weighted by Gasteiger charge is 2.39. The molecule has 0 N–H and O–H groups in total. The molecular formula is C15H18O4. The van der Waals surface area contributed by atoms with Gasteiger partial charge in [0.25, 0.3) is 0 Å². The third-order valence-electron chi connectivity index (χ3n) is 3.11. The number of hydrogen-bond acceptors (Lipinski definition) is 4. The number of methoxy groups -OCH3 is 1. The maximum Gasteiger partial charge on any atom is 0.238 e. The Morgan fingerprint density at radius 1 is 1.42 bits per heavy atom. The number of ether oxygens (including phenoxy) is 3. The van der Waals surface area contributed by atoms with Gasteiger partial charge >= 0.3 is 0 Å². The zero-order valence-electron chi connectivity index (χ0n) is 11.6. The van der Waals surface area contributed by atoms with E-state index in [0.717, 1.165) is 5.56 Å². The van der Waals surface area contributed by atoms with Gasteiger partial charge in [0.05, 0.1) is 12.7 Å². The van der Waals surface area contributed by atoms with Crippen LogP contribution in [0.5, 0.6) is 11.5 Å². The van der Waals surface area contributed by atoms with Gasteiger partial charge in [0.2, 0.25) is 5.79 Å². The maximum atomic E-state index is 11.8. The smallest absolute Gasteiger partial charge is 0.238 e. The second-order valence-electron chi connectivity index (χ2n) is 4.47. The Balaban J connectivity index is 2.57. The van der Waals surface area contributed by atoms with E-state index in [1.54, 1.807) is 20.1 Å². The molecule has 1 unspecified atom stereocenters. The van der Waals surface area contributed by atoms with Crippen LogP contribution in [0.1, 0.15) is 26.3 Å². The third kappa shape index (κ3) is 2.36. The molecular weight excluding hydrogens is 244 g/mol. The Kier molecular flexibility index (Phi) is 3.62. The Bertz CT molecular complexity index is 533. The van der Waals surface area contributed by atoms with Crippen molar-refractivity contribution in [3.63, 3.8) is 0 Å². The standard InChI is InChI=1S/C15H18O4/c1-5-18-15(3)12(10(2)16)9-11-7-6-8-13(17-4)14(11)19-15/h6-9H,5H2,1-4H3. The molecule has 4 heteroatoms. The minimum atomic E-state index is -1.07. The van der Waals surface area contributed by atoms with Gasteiger partial charge < -0.3 is 14.2 Å². The summed E-state index contributed by atoms with van der Waals surface area (Å²) in [5.41, 5.74) is 1.33. The van der Waals surface area contributed by atoms with E-state index in [4.69, 9.17) is 14.2 Å². The van der Waals surface area contributed by atoms with Gasteiger partial charge in [0.15, 0.2) is 17.3 Å². The molecule has 1 aromatic rings. The normalized spacial score (nSPS) is 21.2. The molecule has 1 atom stereocenters. The largest absolute Gasteiger partial charge is 0.493 e. The van der Waals surface area contributed by atoms with Crippen molar-refractivity contribution in [2.45, 2.75) is 26.6 Å². The summed E-state index contributed by atoms with van der Waals surface area (Å²) >= 11 is 0. The monoisotopic (exact) mass is 262 g/mol. The lowest BCUT2D eigenvalue weighted by Crippen LogP contribution is -2.42. The summed E-state index contributed by atoms with van der Waals surface area (Å²) in [6, 6.07) is 5.56. The molecule has 1 aliphatic heterocycles. The summed E-state index contributed by atoms with van der Waals surface area (Å²) in [6.45, 7) is 5.58. The van der Waals surface area contributed by atoms with Gasteiger partial charge in [-0.25, -0.2) is 0 Å². The van der Waals surface area contributed by atoms with Gasteiger partial charge in [0, 0.05) is 19.1 Å². The van der Waals surface area contributed by atoms with Crippen LogP contribution in [-0.4, -0.2) is 25.3 Å². The summed E-state index contributed by atoms with van der Waals surface area (Å²) in [7, 11) is 1.58. The van der Waals surface area contributed by atoms with E-state index in [1.165, 1.54) is 6.92 Å². The van der Waals surface area contributed by atoms with Crippen LogP contribution >= 0.6 is 0 Å². The van der Waals surface area contributed by atoms with Gasteiger partial charge in [-0.3, -0.25) is 4.79 Å². The number of Topliss-reactive ketones (excluding diaryl/α,β-unsaturated/α-hetero) is 1. The third-order valence-corrected chi connectivity index (χ3v) is 3.11. The zero-order valence-corrected chi connectivity index (χ0v) is 11.6. The molecule has 102 valence electrons. The molecule has 0 saturated carbocycles. The van der Waals surface area contributed by atoms with Crippen LogP contribution in [0, 0.1) is 0 Å². The van der Waals surface area contributed by atoms with E-state index in [9.17, 15) is 4.79 Å². The quantitative estimate of drug-likeness (QED) is 0.837. The minimum absolute atomic E-state index is 0.0654. The molecule has 4 nitrogen and oxygen atoms in total. The van der Waals surface area contributed by atoms with Crippen LogP contribution in [-0.2, 0) is 9.53 Å². The molecule has 1 aromatic carbocycles. The van der Waals surface area contributed by atoms with Crippen LogP contribution in [0.15, 0.2) is 23.8 Å². The fraction of sp³-hybridized carbons (Fsp3) is 0.400. The van der Waals surface area contributed by atoms with Crippen molar-refractivity contribution in [1.82, 2.24) is 0 Å². The second-order valence-corrected chi connectivity index (χ2v) is 4.47. The highest BCUT2D eigenvalue weighted by Crippen LogP contribution is 2.42. The summed E-state index contributed by atoms with van der Waals surface area (Å²) in [5.74, 6) is 0.0972. The molecule has 0 bridgehead atoms. The summed E-state index contributed by atoms with van der Waals surface area (Å²) in [5, 5.41) is 0. The van der Waals surface area contributed by atoms with Gasteiger partial charge in [-0.1, -0.05) is 12.1 Å². The van der Waals surface area contributed by atoms with Crippen molar-refractivity contribution in [3.05, 3.63) is 29.3 Å². The van der Waals surface area contributed by atoms with Crippen molar-refractivity contribution in [2.75, 3.05) is 13.7 Å². The molecule has 1 heterocycles. The van der Waals surface area contributed by atoms with E-state index < -0.39 is 5.79 Å². The van der Waals surface area contributed by atoms with Crippen LogP contribution < -0.4 is 9.47 Å². The Hall–Kier alpha value is -1.81. The van der Waals surface area contributed by atoms with Crippen molar-refractivity contribution >= 4 is 11.9 Å². The molecule has 0 saturated heterocycles. The van der Waals surface area contributed by atoms with Crippen molar-refractivity contribution in [2.24, 2.45) is 0 Å². The summed E-state index contributed by atoms with van der Waals surface area (Å²) in [6.07, 6.45) is 1.80. The predicted octanol–water partition coefficient (Wildman–Crippen LogP) is 2.81. The van der Waals surface area contributed by atoms with E-state index >= 15 is 0 Å². The van der Waals surface area contributed by atoms with Gasteiger partial charge in [0.1, 0.15) is 0 Å². The Morgan fingerprint density at radius 3 is 2.74 bits per heavy atom. The molecule has 0 spiro atoms. The SMILES string of the molecule is CCOC1(C)Oc2c(cccc2OC)C=C1C(C)=O. The lowest BCUT2D eigenvalue weighted by Gasteiger charge is -2.35. The molecule has 19 heavy (non-hydrogen) atoms. The van der Waals surface area contributed by atoms with E-state index in [-0.39, 0.29) is 5.78 Å². The predicted molar refractivity (Wildman–Crippen MR) is 72.3 cm³/mol. The van der Waals surface area contributed by atoms with Crippen molar-refractivity contribution in [1.29, 1.82) is 0 Å². The van der Waals surface area contributed by atoms with Gasteiger partial charge in [-0.15, -0.1) is 0 Å². The second kappa shape index (κ2) is 5.05. The lowest BCUT2D eigenvalue weighted by atomic mass is 9.96. The number of para-hydroxylation sites is 1. The fourth-order valence-corrected chi connectivity index (χ4v) is 2.26. The summed E-state index contributed by atoms with van der Waals surface area (Å²) in [4.78, 5) is 11.8. The first-order valence-electron chi connectivity index (χ1n) is 6.25. The number of hydrogen-bond donors (Lipinski definition) is 0.